The first kappa shape index (κ1) is 23.2. The van der Waals surface area contributed by atoms with Crippen molar-refractivity contribution in [3.63, 3.8) is 0 Å². The topological polar surface area (TPSA) is 114 Å². The molecule has 166 valence electrons. The SMILES string of the molecule is Cc1ccc(NS(=O)(=O)c2ccc(N/N=C/c3c(F)cccc3Cl)c([N+](=O)[O-])c2)c(C)c1. The van der Waals surface area contributed by atoms with Gasteiger partial charge in [-0.2, -0.15) is 5.10 Å². The van der Waals surface area contributed by atoms with Gasteiger partial charge in [0.1, 0.15) is 11.5 Å². The highest BCUT2D eigenvalue weighted by Crippen LogP contribution is 2.29. The van der Waals surface area contributed by atoms with Gasteiger partial charge in [-0.25, -0.2) is 12.8 Å². The van der Waals surface area contributed by atoms with E-state index in [-0.39, 0.29) is 21.2 Å². The number of halogens is 2. The maximum atomic E-state index is 13.8. The molecule has 0 aromatic heterocycles. The smallest absolute Gasteiger partial charge is 0.279 e. The van der Waals surface area contributed by atoms with E-state index < -0.39 is 26.5 Å². The van der Waals surface area contributed by atoms with Gasteiger partial charge in [0.15, 0.2) is 0 Å². The normalized spacial score (nSPS) is 11.5. The van der Waals surface area contributed by atoms with E-state index in [9.17, 15) is 22.9 Å². The maximum Gasteiger partial charge on any atom is 0.295 e. The third-order valence-corrected chi connectivity index (χ3v) is 6.17. The lowest BCUT2D eigenvalue weighted by Gasteiger charge is -2.12. The summed E-state index contributed by atoms with van der Waals surface area (Å²) in [5.74, 6) is -0.614. The van der Waals surface area contributed by atoms with Crippen molar-refractivity contribution in [3.05, 3.63) is 92.2 Å². The molecule has 8 nitrogen and oxygen atoms in total. The average molecular weight is 477 g/mol. The van der Waals surface area contributed by atoms with Crippen LogP contribution in [0.2, 0.25) is 5.02 Å². The van der Waals surface area contributed by atoms with Gasteiger partial charge >= 0.3 is 0 Å². The fourth-order valence-corrected chi connectivity index (χ4v) is 4.22. The monoisotopic (exact) mass is 476 g/mol. The first-order valence-electron chi connectivity index (χ1n) is 9.20. The van der Waals surface area contributed by atoms with Gasteiger partial charge in [0.2, 0.25) is 0 Å². The highest BCUT2D eigenvalue weighted by atomic mass is 35.5. The summed E-state index contributed by atoms with van der Waals surface area (Å²) in [5.41, 5.74) is 3.87. The van der Waals surface area contributed by atoms with Crippen LogP contribution in [0.15, 0.2) is 64.6 Å². The summed E-state index contributed by atoms with van der Waals surface area (Å²) in [5, 5.41) is 15.4. The second-order valence-corrected chi connectivity index (χ2v) is 8.95. The number of hydrogen-bond donors (Lipinski definition) is 2. The highest BCUT2D eigenvalue weighted by molar-refractivity contribution is 7.92. The van der Waals surface area contributed by atoms with Crippen LogP contribution in [-0.2, 0) is 10.0 Å². The molecule has 0 aliphatic rings. The van der Waals surface area contributed by atoms with Gasteiger partial charge in [0.25, 0.3) is 15.7 Å². The third kappa shape index (κ3) is 5.21. The van der Waals surface area contributed by atoms with Gasteiger partial charge in [-0.3, -0.25) is 20.3 Å². The lowest BCUT2D eigenvalue weighted by molar-refractivity contribution is -0.384. The lowest BCUT2D eigenvalue weighted by Crippen LogP contribution is -2.14. The standard InChI is InChI=1S/C21H18ClFN4O4S/c1-13-6-8-19(14(2)10-13)26-32(30,31)15-7-9-20(21(11-15)27(28)29)25-24-12-16-17(22)4-3-5-18(16)23/h3-12,25-26H,1-2H3/b24-12+. The Bertz CT molecular complexity index is 1310. The Balaban J connectivity index is 1.88. The summed E-state index contributed by atoms with van der Waals surface area (Å²) in [6, 6.07) is 12.6. The minimum absolute atomic E-state index is 0.00110. The van der Waals surface area contributed by atoms with E-state index in [1.165, 1.54) is 30.3 Å². The molecule has 3 rings (SSSR count). The molecule has 0 unspecified atom stereocenters. The number of hydrazone groups is 1. The van der Waals surface area contributed by atoms with Crippen LogP contribution in [0.5, 0.6) is 0 Å². The lowest BCUT2D eigenvalue weighted by atomic mass is 10.1. The quantitative estimate of drug-likeness (QED) is 0.274. The second kappa shape index (κ2) is 9.33. The molecule has 0 bridgehead atoms. The van der Waals surface area contributed by atoms with Gasteiger partial charge in [-0.05, 0) is 49.7 Å². The van der Waals surface area contributed by atoms with Gasteiger partial charge in [-0.1, -0.05) is 35.4 Å². The number of nitro groups is 1. The molecule has 3 aromatic rings. The Morgan fingerprint density at radius 2 is 1.81 bits per heavy atom. The Hall–Kier alpha value is -3.50. The van der Waals surface area contributed by atoms with Crippen LogP contribution in [0.4, 0.5) is 21.5 Å². The zero-order valence-electron chi connectivity index (χ0n) is 17.0. The Kier molecular flexibility index (Phi) is 6.75. The summed E-state index contributed by atoms with van der Waals surface area (Å²) in [6.45, 7) is 3.63. The van der Waals surface area contributed by atoms with Gasteiger partial charge in [0.05, 0.1) is 26.7 Å². The Morgan fingerprint density at radius 1 is 1.09 bits per heavy atom. The third-order valence-electron chi connectivity index (χ3n) is 4.48. The molecule has 0 fully saturated rings. The predicted molar refractivity (Wildman–Crippen MR) is 122 cm³/mol. The summed E-state index contributed by atoms with van der Waals surface area (Å²) < 4.78 is 41.8. The van der Waals surface area contributed by atoms with E-state index >= 15 is 0 Å². The van der Waals surface area contributed by atoms with Crippen LogP contribution in [0.1, 0.15) is 16.7 Å². The molecule has 32 heavy (non-hydrogen) atoms. The number of aryl methyl sites for hydroxylation is 2. The minimum Gasteiger partial charge on any atom is -0.279 e. The molecule has 0 heterocycles. The Labute approximate surface area is 188 Å². The van der Waals surface area contributed by atoms with Crippen LogP contribution >= 0.6 is 11.6 Å². The zero-order chi connectivity index (χ0) is 23.5. The number of nitro benzene ring substituents is 1. The predicted octanol–water partition coefficient (Wildman–Crippen LogP) is 5.25. The number of nitrogens with one attached hydrogen (secondary N) is 2. The van der Waals surface area contributed by atoms with E-state index in [1.807, 2.05) is 13.0 Å². The molecule has 0 saturated carbocycles. The van der Waals surface area contributed by atoms with E-state index in [4.69, 9.17) is 11.6 Å². The van der Waals surface area contributed by atoms with Crippen LogP contribution < -0.4 is 10.1 Å². The Morgan fingerprint density at radius 3 is 2.47 bits per heavy atom. The molecular formula is C21H18ClFN4O4S. The van der Waals surface area contributed by atoms with E-state index in [2.05, 4.69) is 15.2 Å². The number of sulfonamides is 1. The number of nitrogens with zero attached hydrogens (tertiary/aromatic N) is 2. The van der Waals surface area contributed by atoms with E-state index in [0.717, 1.165) is 17.8 Å². The summed E-state index contributed by atoms with van der Waals surface area (Å²) in [7, 11) is -4.08. The van der Waals surface area contributed by atoms with Crippen molar-refractivity contribution in [2.75, 3.05) is 10.1 Å². The minimum atomic E-state index is -4.08. The van der Waals surface area contributed by atoms with Crippen molar-refractivity contribution in [1.82, 2.24) is 0 Å². The van der Waals surface area contributed by atoms with E-state index in [0.29, 0.717) is 11.3 Å². The molecular weight excluding hydrogens is 459 g/mol. The van der Waals surface area contributed by atoms with Crippen molar-refractivity contribution < 1.29 is 17.7 Å². The molecule has 0 aliphatic heterocycles. The van der Waals surface area contributed by atoms with Crippen molar-refractivity contribution in [2.45, 2.75) is 18.7 Å². The fraction of sp³-hybridized carbons (Fsp3) is 0.0952. The largest absolute Gasteiger partial charge is 0.295 e. The zero-order valence-corrected chi connectivity index (χ0v) is 18.5. The molecule has 2 N–H and O–H groups in total. The fourth-order valence-electron chi connectivity index (χ4n) is 2.86. The molecule has 3 aromatic carbocycles. The van der Waals surface area contributed by atoms with Crippen LogP contribution in [0, 0.1) is 29.8 Å². The first-order valence-corrected chi connectivity index (χ1v) is 11.1. The summed E-state index contributed by atoms with van der Waals surface area (Å²) >= 11 is 5.91. The molecule has 0 amide bonds. The van der Waals surface area contributed by atoms with E-state index in [1.54, 1.807) is 19.1 Å². The number of benzene rings is 3. The molecule has 0 aliphatic carbocycles. The maximum absolute atomic E-state index is 13.8. The summed E-state index contributed by atoms with van der Waals surface area (Å²) in [4.78, 5) is 10.5. The highest BCUT2D eigenvalue weighted by Gasteiger charge is 2.22. The average Bonchev–Trinajstić information content (AvgIpc) is 2.72. The molecule has 0 spiro atoms. The van der Waals surface area contributed by atoms with Crippen molar-refractivity contribution >= 4 is 44.9 Å². The van der Waals surface area contributed by atoms with Crippen molar-refractivity contribution in [1.29, 1.82) is 0 Å². The summed E-state index contributed by atoms with van der Waals surface area (Å²) in [6.07, 6.45) is 1.08. The number of rotatable bonds is 7. The van der Waals surface area contributed by atoms with Gasteiger partial charge in [0, 0.05) is 11.6 Å². The molecule has 0 saturated heterocycles. The van der Waals surface area contributed by atoms with Gasteiger partial charge in [-0.15, -0.1) is 0 Å². The van der Waals surface area contributed by atoms with Crippen LogP contribution in [-0.4, -0.2) is 19.6 Å². The van der Waals surface area contributed by atoms with Crippen molar-refractivity contribution in [2.24, 2.45) is 5.10 Å². The second-order valence-electron chi connectivity index (χ2n) is 6.87. The van der Waals surface area contributed by atoms with Gasteiger partial charge < -0.3 is 0 Å². The molecule has 0 atom stereocenters. The van der Waals surface area contributed by atoms with Crippen LogP contribution in [0.25, 0.3) is 0 Å². The van der Waals surface area contributed by atoms with Crippen molar-refractivity contribution in [3.8, 4) is 0 Å². The first-order chi connectivity index (χ1) is 15.1. The molecule has 0 radical (unpaired) electrons. The van der Waals surface area contributed by atoms with Crippen LogP contribution in [0.3, 0.4) is 0 Å². The number of anilines is 2. The number of hydrogen-bond acceptors (Lipinski definition) is 6. The molecule has 11 heteroatoms.